The summed E-state index contributed by atoms with van der Waals surface area (Å²) in [5.74, 6) is -0.459. The van der Waals surface area contributed by atoms with Gasteiger partial charge in [-0.3, -0.25) is 4.79 Å². The molecule has 7 nitrogen and oxygen atoms in total. The second-order valence-electron chi connectivity index (χ2n) is 7.54. The summed E-state index contributed by atoms with van der Waals surface area (Å²) < 4.78 is 24.9. The van der Waals surface area contributed by atoms with Gasteiger partial charge in [-0.1, -0.05) is 19.1 Å². The van der Waals surface area contributed by atoms with E-state index in [9.17, 15) is 14.0 Å². The number of para-hydroxylation sites is 1. The van der Waals surface area contributed by atoms with Crippen molar-refractivity contribution >= 4 is 23.3 Å². The van der Waals surface area contributed by atoms with Crippen LogP contribution in [0.5, 0.6) is 5.75 Å². The maximum Gasteiger partial charge on any atom is 0.317 e. The number of amides is 3. The van der Waals surface area contributed by atoms with Crippen LogP contribution in [0.1, 0.15) is 29.8 Å². The summed E-state index contributed by atoms with van der Waals surface area (Å²) in [6, 6.07) is 7.59. The van der Waals surface area contributed by atoms with E-state index >= 15 is 0 Å². The van der Waals surface area contributed by atoms with Gasteiger partial charge < -0.3 is 24.6 Å². The Morgan fingerprint density at radius 3 is 2.88 bits per heavy atom. The van der Waals surface area contributed by atoms with Crippen LogP contribution in [0.25, 0.3) is 0 Å². The maximum atomic E-state index is 14.0. The summed E-state index contributed by atoms with van der Waals surface area (Å²) >= 11 is 1.65. The highest BCUT2D eigenvalue weighted by Gasteiger charge is 2.33. The molecule has 9 heteroatoms. The molecule has 3 rings (SSSR count). The molecule has 1 atom stereocenters. The smallest absolute Gasteiger partial charge is 0.317 e. The summed E-state index contributed by atoms with van der Waals surface area (Å²) in [6.45, 7) is 3.75. The van der Waals surface area contributed by atoms with Crippen molar-refractivity contribution in [2.45, 2.75) is 25.8 Å². The molecule has 0 fully saturated rings. The number of halogens is 1. The van der Waals surface area contributed by atoms with E-state index in [1.54, 1.807) is 41.5 Å². The molecule has 1 aromatic carbocycles. The van der Waals surface area contributed by atoms with Crippen LogP contribution >= 0.6 is 11.3 Å². The minimum Gasteiger partial charge on any atom is -0.488 e. The SMILES string of the molecule is CCCNC(=O)N(CCOC)CC(=O)N1CCc2sccc2[C@H]1COc1ccccc1F. The third-order valence-corrected chi connectivity index (χ3v) is 6.35. The number of fused-ring (bicyclic) bond motifs is 1. The zero-order valence-corrected chi connectivity index (χ0v) is 19.3. The van der Waals surface area contributed by atoms with Crippen molar-refractivity contribution in [1.29, 1.82) is 0 Å². The summed E-state index contributed by atoms with van der Waals surface area (Å²) in [6.07, 6.45) is 1.55. The average Bonchev–Trinajstić information content (AvgIpc) is 3.28. The van der Waals surface area contributed by atoms with Crippen molar-refractivity contribution < 1.29 is 23.5 Å². The highest BCUT2D eigenvalue weighted by molar-refractivity contribution is 7.10. The molecule has 0 radical (unpaired) electrons. The Labute approximate surface area is 192 Å². The lowest BCUT2D eigenvalue weighted by Gasteiger charge is -2.37. The van der Waals surface area contributed by atoms with Gasteiger partial charge in [0.2, 0.25) is 5.91 Å². The van der Waals surface area contributed by atoms with E-state index in [-0.39, 0.29) is 36.9 Å². The van der Waals surface area contributed by atoms with Gasteiger partial charge in [-0.2, -0.15) is 0 Å². The molecule has 2 heterocycles. The van der Waals surface area contributed by atoms with Crippen LogP contribution in [-0.4, -0.2) is 68.2 Å². The third kappa shape index (κ3) is 5.98. The molecule has 0 saturated heterocycles. The second-order valence-corrected chi connectivity index (χ2v) is 8.54. The van der Waals surface area contributed by atoms with Gasteiger partial charge in [-0.25, -0.2) is 9.18 Å². The van der Waals surface area contributed by atoms with E-state index < -0.39 is 5.82 Å². The van der Waals surface area contributed by atoms with Gasteiger partial charge in [0.1, 0.15) is 13.2 Å². The van der Waals surface area contributed by atoms with Gasteiger partial charge in [-0.15, -0.1) is 11.3 Å². The number of hydrogen-bond donors (Lipinski definition) is 1. The van der Waals surface area contributed by atoms with E-state index in [0.717, 1.165) is 18.4 Å². The van der Waals surface area contributed by atoms with Crippen LogP contribution in [0, 0.1) is 5.82 Å². The van der Waals surface area contributed by atoms with Gasteiger partial charge >= 0.3 is 6.03 Å². The molecule has 0 aliphatic carbocycles. The molecule has 1 N–H and O–H groups in total. The van der Waals surface area contributed by atoms with Crippen molar-refractivity contribution in [3.8, 4) is 5.75 Å². The number of benzene rings is 1. The molecule has 1 aliphatic heterocycles. The van der Waals surface area contributed by atoms with E-state index in [4.69, 9.17) is 9.47 Å². The molecule has 3 amide bonds. The standard InChI is InChI=1S/C23H30FN3O4S/c1-3-10-25-23(29)26(12-13-30-2)15-22(28)27-11-8-21-17(9-14-32-21)19(27)16-31-20-7-5-4-6-18(20)24/h4-7,9,14,19H,3,8,10-13,15-16H2,1-2H3,(H,25,29)/t19-/m1/s1. The first-order chi connectivity index (χ1) is 15.5. The van der Waals surface area contributed by atoms with Crippen LogP contribution in [0.4, 0.5) is 9.18 Å². The molecule has 1 aliphatic rings. The normalized spacial score (nSPS) is 15.2. The lowest BCUT2D eigenvalue weighted by molar-refractivity contribution is -0.135. The molecule has 2 aromatic rings. The van der Waals surface area contributed by atoms with Crippen LogP contribution in [0.15, 0.2) is 35.7 Å². The largest absolute Gasteiger partial charge is 0.488 e. The molecule has 32 heavy (non-hydrogen) atoms. The Balaban J connectivity index is 1.74. The van der Waals surface area contributed by atoms with Crippen LogP contribution in [0.3, 0.4) is 0 Å². The molecule has 174 valence electrons. The molecule has 0 unspecified atom stereocenters. The zero-order chi connectivity index (χ0) is 22.9. The third-order valence-electron chi connectivity index (χ3n) is 5.35. The first-order valence-electron chi connectivity index (χ1n) is 10.8. The minimum atomic E-state index is -0.440. The van der Waals surface area contributed by atoms with Crippen molar-refractivity contribution in [2.24, 2.45) is 0 Å². The maximum absolute atomic E-state index is 14.0. The first-order valence-corrected chi connectivity index (χ1v) is 11.7. The number of hydrogen-bond acceptors (Lipinski definition) is 5. The minimum absolute atomic E-state index is 0.0609. The Kier molecular flexibility index (Phi) is 8.87. The molecular weight excluding hydrogens is 433 g/mol. The lowest BCUT2D eigenvalue weighted by Crippen LogP contribution is -2.50. The average molecular weight is 464 g/mol. The number of nitrogens with zero attached hydrogens (tertiary/aromatic N) is 2. The summed E-state index contributed by atoms with van der Waals surface area (Å²) in [5, 5.41) is 4.82. The number of ether oxygens (including phenoxy) is 2. The Hall–Kier alpha value is -2.65. The van der Waals surface area contributed by atoms with Gasteiger partial charge in [0.25, 0.3) is 0 Å². The number of thiophene rings is 1. The fourth-order valence-corrected chi connectivity index (χ4v) is 4.59. The number of nitrogens with one attached hydrogen (secondary N) is 1. The summed E-state index contributed by atoms with van der Waals surface area (Å²) in [5.41, 5.74) is 1.02. The predicted octanol–water partition coefficient (Wildman–Crippen LogP) is 3.46. The van der Waals surface area contributed by atoms with Gasteiger partial charge in [0.15, 0.2) is 11.6 Å². The van der Waals surface area contributed by atoms with Gasteiger partial charge in [0, 0.05) is 31.6 Å². The summed E-state index contributed by atoms with van der Waals surface area (Å²) in [4.78, 5) is 30.3. The second kappa shape index (κ2) is 11.8. The van der Waals surface area contributed by atoms with E-state index in [1.165, 1.54) is 15.8 Å². The fourth-order valence-electron chi connectivity index (χ4n) is 3.66. The van der Waals surface area contributed by atoms with Crippen molar-refractivity contribution in [2.75, 3.05) is 46.5 Å². The van der Waals surface area contributed by atoms with Crippen molar-refractivity contribution in [3.63, 3.8) is 0 Å². The Bertz CT molecular complexity index is 907. The Morgan fingerprint density at radius 1 is 1.31 bits per heavy atom. The first kappa shape index (κ1) is 24.0. The summed E-state index contributed by atoms with van der Waals surface area (Å²) in [7, 11) is 1.56. The van der Waals surface area contributed by atoms with Crippen molar-refractivity contribution in [1.82, 2.24) is 15.1 Å². The van der Waals surface area contributed by atoms with Gasteiger partial charge in [0.05, 0.1) is 12.6 Å². The monoisotopic (exact) mass is 463 g/mol. The fraction of sp³-hybridized carbons (Fsp3) is 0.478. The zero-order valence-electron chi connectivity index (χ0n) is 18.5. The van der Waals surface area contributed by atoms with E-state index in [2.05, 4.69) is 5.32 Å². The predicted molar refractivity (Wildman–Crippen MR) is 122 cm³/mol. The number of urea groups is 1. The number of carbonyl (C=O) groups excluding carboxylic acids is 2. The van der Waals surface area contributed by atoms with Crippen molar-refractivity contribution in [3.05, 3.63) is 52.0 Å². The molecular formula is C23H30FN3O4S. The van der Waals surface area contributed by atoms with Crippen LogP contribution < -0.4 is 10.1 Å². The molecule has 1 aromatic heterocycles. The molecule has 0 saturated carbocycles. The van der Waals surface area contributed by atoms with E-state index in [1.807, 2.05) is 18.4 Å². The molecule has 0 spiro atoms. The van der Waals surface area contributed by atoms with E-state index in [0.29, 0.717) is 26.2 Å². The quantitative estimate of drug-likeness (QED) is 0.586. The highest BCUT2D eigenvalue weighted by atomic mass is 32.1. The molecule has 0 bridgehead atoms. The number of rotatable bonds is 10. The van der Waals surface area contributed by atoms with Crippen LogP contribution in [0.2, 0.25) is 0 Å². The number of methoxy groups -OCH3 is 1. The highest BCUT2D eigenvalue weighted by Crippen LogP contribution is 2.34. The van der Waals surface area contributed by atoms with Crippen LogP contribution in [-0.2, 0) is 16.0 Å². The topological polar surface area (TPSA) is 71.1 Å². The Morgan fingerprint density at radius 2 is 2.12 bits per heavy atom. The lowest BCUT2D eigenvalue weighted by atomic mass is 10.0. The number of carbonyl (C=O) groups is 2. The van der Waals surface area contributed by atoms with Gasteiger partial charge in [-0.05, 0) is 42.0 Å².